The van der Waals surface area contributed by atoms with Crippen molar-refractivity contribution >= 4 is 5.57 Å². The molecule has 0 aliphatic rings. The van der Waals surface area contributed by atoms with E-state index in [4.69, 9.17) is 10.8 Å². The Kier molecular flexibility index (Phi) is 2.88. The number of hydrogen-bond acceptors (Lipinski definition) is 2. The summed E-state index contributed by atoms with van der Waals surface area (Å²) in [4.78, 5) is 0. The summed E-state index contributed by atoms with van der Waals surface area (Å²) in [6.45, 7) is 2.48. The smallest absolute Gasteiger partial charge is 0.115 e. The standard InChI is InChI=1S/C10H13NO/c1-2-8(7-11)9-3-5-10(12)6-4-9/h2-6,12H,7,11H2,1H3. The van der Waals surface area contributed by atoms with Crippen LogP contribution in [0.2, 0.25) is 0 Å². The fourth-order valence-electron chi connectivity index (χ4n) is 1.08. The molecule has 0 unspecified atom stereocenters. The first-order valence-corrected chi connectivity index (χ1v) is 3.92. The van der Waals surface area contributed by atoms with E-state index in [2.05, 4.69) is 0 Å². The second kappa shape index (κ2) is 3.93. The molecule has 0 fully saturated rings. The van der Waals surface area contributed by atoms with E-state index in [-0.39, 0.29) is 5.75 Å². The van der Waals surface area contributed by atoms with Gasteiger partial charge in [-0.1, -0.05) is 18.2 Å². The third-order valence-corrected chi connectivity index (χ3v) is 1.81. The molecule has 1 aromatic rings. The zero-order chi connectivity index (χ0) is 8.97. The highest BCUT2D eigenvalue weighted by molar-refractivity contribution is 5.66. The van der Waals surface area contributed by atoms with E-state index >= 15 is 0 Å². The molecule has 12 heavy (non-hydrogen) atoms. The SMILES string of the molecule is CC=C(CN)c1ccc(O)cc1. The lowest BCUT2D eigenvalue weighted by atomic mass is 10.1. The molecule has 0 bridgehead atoms. The zero-order valence-electron chi connectivity index (χ0n) is 7.12. The van der Waals surface area contributed by atoms with E-state index in [1.807, 2.05) is 25.1 Å². The molecule has 3 N–H and O–H groups in total. The van der Waals surface area contributed by atoms with Crippen LogP contribution < -0.4 is 5.73 Å². The van der Waals surface area contributed by atoms with Crippen molar-refractivity contribution in [2.24, 2.45) is 5.73 Å². The van der Waals surface area contributed by atoms with Crippen LogP contribution in [0.5, 0.6) is 5.75 Å². The molecule has 2 heteroatoms. The number of aromatic hydroxyl groups is 1. The minimum Gasteiger partial charge on any atom is -0.508 e. The summed E-state index contributed by atoms with van der Waals surface area (Å²) in [5.41, 5.74) is 7.68. The van der Waals surface area contributed by atoms with Crippen LogP contribution in [0.4, 0.5) is 0 Å². The van der Waals surface area contributed by atoms with Crippen molar-refractivity contribution < 1.29 is 5.11 Å². The molecular weight excluding hydrogens is 150 g/mol. The average Bonchev–Trinajstić information content (AvgIpc) is 2.10. The fraction of sp³-hybridized carbons (Fsp3) is 0.200. The van der Waals surface area contributed by atoms with Gasteiger partial charge in [-0.05, 0) is 30.2 Å². The van der Waals surface area contributed by atoms with Crippen LogP contribution in [0.25, 0.3) is 5.57 Å². The molecule has 0 spiro atoms. The predicted octanol–water partition coefficient (Wildman–Crippen LogP) is 1.75. The highest BCUT2D eigenvalue weighted by Gasteiger charge is 1.96. The summed E-state index contributed by atoms with van der Waals surface area (Å²) < 4.78 is 0. The molecule has 2 nitrogen and oxygen atoms in total. The zero-order valence-corrected chi connectivity index (χ0v) is 7.12. The number of allylic oxidation sites excluding steroid dienone is 1. The summed E-state index contributed by atoms with van der Waals surface area (Å²) in [5.74, 6) is 0.284. The Morgan fingerprint density at radius 3 is 2.42 bits per heavy atom. The van der Waals surface area contributed by atoms with Gasteiger partial charge in [-0.3, -0.25) is 0 Å². The molecule has 0 heterocycles. The molecule has 0 saturated carbocycles. The first kappa shape index (κ1) is 8.81. The van der Waals surface area contributed by atoms with Gasteiger partial charge in [0.15, 0.2) is 0 Å². The van der Waals surface area contributed by atoms with Gasteiger partial charge in [0.25, 0.3) is 0 Å². The first-order chi connectivity index (χ1) is 5.77. The predicted molar refractivity (Wildman–Crippen MR) is 50.8 cm³/mol. The van der Waals surface area contributed by atoms with E-state index < -0.39 is 0 Å². The van der Waals surface area contributed by atoms with Crippen LogP contribution in [0.3, 0.4) is 0 Å². The molecule has 0 saturated heterocycles. The maximum absolute atomic E-state index is 9.03. The van der Waals surface area contributed by atoms with Gasteiger partial charge < -0.3 is 10.8 Å². The normalized spacial score (nSPS) is 11.7. The summed E-state index contributed by atoms with van der Waals surface area (Å²) in [5, 5.41) is 9.03. The number of benzene rings is 1. The molecule has 0 aromatic heterocycles. The molecule has 1 rings (SSSR count). The Morgan fingerprint density at radius 1 is 1.42 bits per heavy atom. The molecule has 0 radical (unpaired) electrons. The average molecular weight is 163 g/mol. The number of phenolic OH excluding ortho intramolecular Hbond substituents is 1. The lowest BCUT2D eigenvalue weighted by Crippen LogP contribution is -2.01. The third kappa shape index (κ3) is 1.86. The maximum Gasteiger partial charge on any atom is 0.115 e. The van der Waals surface area contributed by atoms with Gasteiger partial charge in [0.1, 0.15) is 5.75 Å². The van der Waals surface area contributed by atoms with E-state index in [9.17, 15) is 0 Å². The van der Waals surface area contributed by atoms with Gasteiger partial charge in [0.05, 0.1) is 0 Å². The molecule has 64 valence electrons. The van der Waals surface area contributed by atoms with Gasteiger partial charge in [0.2, 0.25) is 0 Å². The van der Waals surface area contributed by atoms with Crippen LogP contribution in [-0.4, -0.2) is 11.7 Å². The molecule has 0 amide bonds. The van der Waals surface area contributed by atoms with Gasteiger partial charge >= 0.3 is 0 Å². The van der Waals surface area contributed by atoms with Crippen molar-refractivity contribution in [2.75, 3.05) is 6.54 Å². The van der Waals surface area contributed by atoms with E-state index in [0.717, 1.165) is 11.1 Å². The van der Waals surface area contributed by atoms with Crippen LogP contribution >= 0.6 is 0 Å². The van der Waals surface area contributed by atoms with E-state index in [0.29, 0.717) is 6.54 Å². The Labute approximate surface area is 72.3 Å². The highest BCUT2D eigenvalue weighted by atomic mass is 16.3. The van der Waals surface area contributed by atoms with Crippen molar-refractivity contribution in [2.45, 2.75) is 6.92 Å². The Bertz CT molecular complexity index is 274. The quantitative estimate of drug-likeness (QED) is 0.697. The van der Waals surface area contributed by atoms with Gasteiger partial charge in [-0.25, -0.2) is 0 Å². The number of hydrogen-bond donors (Lipinski definition) is 2. The Hall–Kier alpha value is -1.28. The van der Waals surface area contributed by atoms with Crippen LogP contribution in [-0.2, 0) is 0 Å². The number of rotatable bonds is 2. The van der Waals surface area contributed by atoms with Crippen molar-refractivity contribution in [1.29, 1.82) is 0 Å². The minimum atomic E-state index is 0.284. The number of nitrogens with two attached hydrogens (primary N) is 1. The lowest BCUT2D eigenvalue weighted by Gasteiger charge is -2.03. The maximum atomic E-state index is 9.03. The van der Waals surface area contributed by atoms with Gasteiger partial charge in [0, 0.05) is 6.54 Å². The van der Waals surface area contributed by atoms with Crippen LogP contribution in [0.15, 0.2) is 30.3 Å². The largest absolute Gasteiger partial charge is 0.508 e. The second-order valence-corrected chi connectivity index (χ2v) is 2.56. The van der Waals surface area contributed by atoms with Gasteiger partial charge in [-0.2, -0.15) is 0 Å². The highest BCUT2D eigenvalue weighted by Crippen LogP contribution is 2.16. The van der Waals surface area contributed by atoms with Crippen molar-refractivity contribution in [3.05, 3.63) is 35.9 Å². The Morgan fingerprint density at radius 2 is 2.00 bits per heavy atom. The molecule has 1 aromatic carbocycles. The van der Waals surface area contributed by atoms with Crippen LogP contribution in [0, 0.1) is 0 Å². The van der Waals surface area contributed by atoms with E-state index in [1.54, 1.807) is 12.1 Å². The molecule has 0 atom stereocenters. The van der Waals surface area contributed by atoms with Crippen molar-refractivity contribution in [3.63, 3.8) is 0 Å². The monoisotopic (exact) mass is 163 g/mol. The van der Waals surface area contributed by atoms with Gasteiger partial charge in [-0.15, -0.1) is 0 Å². The fourth-order valence-corrected chi connectivity index (χ4v) is 1.08. The lowest BCUT2D eigenvalue weighted by molar-refractivity contribution is 0.475. The topological polar surface area (TPSA) is 46.2 Å². The summed E-state index contributed by atoms with van der Waals surface area (Å²) >= 11 is 0. The van der Waals surface area contributed by atoms with Crippen LogP contribution in [0.1, 0.15) is 12.5 Å². The number of phenols is 1. The van der Waals surface area contributed by atoms with Crippen molar-refractivity contribution in [3.8, 4) is 5.75 Å². The van der Waals surface area contributed by atoms with E-state index in [1.165, 1.54) is 0 Å². The molecular formula is C10H13NO. The molecule has 0 aliphatic carbocycles. The van der Waals surface area contributed by atoms with Crippen molar-refractivity contribution in [1.82, 2.24) is 0 Å². The second-order valence-electron chi connectivity index (χ2n) is 2.56. The summed E-state index contributed by atoms with van der Waals surface area (Å²) in [6.07, 6.45) is 1.98. The Balaban J connectivity index is 2.96. The summed E-state index contributed by atoms with van der Waals surface area (Å²) in [6, 6.07) is 7.04. The third-order valence-electron chi connectivity index (χ3n) is 1.81. The summed E-state index contributed by atoms with van der Waals surface area (Å²) in [7, 11) is 0. The minimum absolute atomic E-state index is 0.284. The molecule has 0 aliphatic heterocycles. The first-order valence-electron chi connectivity index (χ1n) is 3.92.